The molecule has 0 spiro atoms. The zero-order chi connectivity index (χ0) is 13.9. The van der Waals surface area contributed by atoms with E-state index in [1.165, 1.54) is 55.7 Å². The lowest BCUT2D eigenvalue weighted by Gasteiger charge is -2.43. The molecule has 0 bridgehead atoms. The number of hydrogen-bond donors (Lipinski definition) is 0. The van der Waals surface area contributed by atoms with E-state index in [2.05, 4.69) is 23.6 Å². The molecule has 1 unspecified atom stereocenters. The van der Waals surface area contributed by atoms with Crippen molar-refractivity contribution in [3.8, 4) is 0 Å². The first kappa shape index (κ1) is 14.4. The van der Waals surface area contributed by atoms with E-state index in [-0.39, 0.29) is 5.82 Å². The first-order chi connectivity index (χ1) is 9.75. The third kappa shape index (κ3) is 3.04. The van der Waals surface area contributed by atoms with Crippen molar-refractivity contribution in [2.75, 3.05) is 18.1 Å². The summed E-state index contributed by atoms with van der Waals surface area (Å²) in [5, 5.41) is 0. The van der Waals surface area contributed by atoms with Crippen LogP contribution in [0.4, 0.5) is 4.39 Å². The molecule has 0 radical (unpaired) electrons. The van der Waals surface area contributed by atoms with Gasteiger partial charge in [0.05, 0.1) is 0 Å². The molecule has 0 aromatic heterocycles. The van der Waals surface area contributed by atoms with Crippen LogP contribution in [-0.4, -0.2) is 29.0 Å². The highest BCUT2D eigenvalue weighted by molar-refractivity contribution is 7.99. The van der Waals surface area contributed by atoms with E-state index in [1.807, 2.05) is 6.07 Å². The normalized spacial score (nSPS) is 25.8. The Hall–Kier alpha value is -0.540. The van der Waals surface area contributed by atoms with Gasteiger partial charge in [-0.3, -0.25) is 4.90 Å². The number of likely N-dealkylation sites (tertiary alicyclic amines) is 1. The summed E-state index contributed by atoms with van der Waals surface area (Å²) in [6.07, 6.45) is 6.50. The quantitative estimate of drug-likeness (QED) is 0.786. The molecule has 2 aliphatic heterocycles. The van der Waals surface area contributed by atoms with Crippen molar-refractivity contribution in [3.05, 3.63) is 35.1 Å². The molecular weight excluding hydrogens is 269 g/mol. The summed E-state index contributed by atoms with van der Waals surface area (Å²) in [5.41, 5.74) is 2.47. The van der Waals surface area contributed by atoms with Gasteiger partial charge in [0.1, 0.15) is 5.82 Å². The highest BCUT2D eigenvalue weighted by Gasteiger charge is 2.31. The fourth-order valence-electron chi connectivity index (χ4n) is 3.75. The van der Waals surface area contributed by atoms with Gasteiger partial charge in [-0.2, -0.15) is 11.8 Å². The lowest BCUT2D eigenvalue weighted by molar-refractivity contribution is 0.0884. The van der Waals surface area contributed by atoms with Gasteiger partial charge in [0, 0.05) is 12.1 Å². The number of hydrogen-bond acceptors (Lipinski definition) is 2. The van der Waals surface area contributed by atoms with Crippen molar-refractivity contribution in [3.63, 3.8) is 0 Å². The minimum Gasteiger partial charge on any atom is -0.293 e. The number of nitrogens with zero attached hydrogens (tertiary/aromatic N) is 1. The molecule has 1 atom stereocenters. The lowest BCUT2D eigenvalue weighted by atomic mass is 9.90. The Kier molecular flexibility index (Phi) is 4.67. The molecule has 0 saturated carbocycles. The topological polar surface area (TPSA) is 3.24 Å². The maximum absolute atomic E-state index is 13.4. The number of piperidine rings is 1. The number of thioether (sulfide) groups is 1. The van der Waals surface area contributed by atoms with Crippen LogP contribution in [0.15, 0.2) is 18.2 Å². The molecule has 0 aliphatic carbocycles. The van der Waals surface area contributed by atoms with Crippen molar-refractivity contribution in [1.29, 1.82) is 0 Å². The van der Waals surface area contributed by atoms with Crippen LogP contribution in [0.2, 0.25) is 0 Å². The summed E-state index contributed by atoms with van der Waals surface area (Å²) in [5.74, 6) is 2.50. The summed E-state index contributed by atoms with van der Waals surface area (Å²) in [4.78, 5) is 2.73. The molecule has 20 heavy (non-hydrogen) atoms. The minimum atomic E-state index is -0.109. The monoisotopic (exact) mass is 293 g/mol. The Labute approximate surface area is 125 Å². The summed E-state index contributed by atoms with van der Waals surface area (Å²) in [6, 6.07) is 6.60. The van der Waals surface area contributed by atoms with Crippen LogP contribution in [0, 0.1) is 12.7 Å². The summed E-state index contributed by atoms with van der Waals surface area (Å²) in [7, 11) is 0. The highest BCUT2D eigenvalue weighted by Crippen LogP contribution is 2.37. The van der Waals surface area contributed by atoms with Gasteiger partial charge in [-0.25, -0.2) is 4.39 Å². The van der Waals surface area contributed by atoms with Crippen LogP contribution in [0.25, 0.3) is 0 Å². The Morgan fingerprint density at radius 1 is 1.15 bits per heavy atom. The molecule has 3 heteroatoms. The fraction of sp³-hybridized carbons (Fsp3) is 0.647. The highest BCUT2D eigenvalue weighted by atomic mass is 32.2. The van der Waals surface area contributed by atoms with Crippen molar-refractivity contribution in [2.24, 2.45) is 0 Å². The van der Waals surface area contributed by atoms with Gasteiger partial charge in [0.15, 0.2) is 0 Å². The zero-order valence-corrected chi connectivity index (χ0v) is 13.1. The Morgan fingerprint density at radius 2 is 1.95 bits per heavy atom. The average Bonchev–Trinajstić information content (AvgIpc) is 2.48. The number of rotatable bonds is 2. The van der Waals surface area contributed by atoms with Crippen molar-refractivity contribution < 1.29 is 4.39 Å². The minimum absolute atomic E-state index is 0.109. The first-order valence-electron chi connectivity index (χ1n) is 7.85. The number of aryl methyl sites for hydroxylation is 1. The molecule has 1 aromatic rings. The SMILES string of the molecule is Cc1cc(F)ccc1C1CCCCN1C1CCSCC1. The maximum Gasteiger partial charge on any atom is 0.123 e. The van der Waals surface area contributed by atoms with Gasteiger partial charge in [-0.1, -0.05) is 12.5 Å². The van der Waals surface area contributed by atoms with Gasteiger partial charge in [0.25, 0.3) is 0 Å². The largest absolute Gasteiger partial charge is 0.293 e. The van der Waals surface area contributed by atoms with Gasteiger partial charge >= 0.3 is 0 Å². The van der Waals surface area contributed by atoms with Gasteiger partial charge in [-0.05, 0) is 73.9 Å². The van der Waals surface area contributed by atoms with E-state index in [0.717, 1.165) is 11.6 Å². The van der Waals surface area contributed by atoms with Crippen molar-refractivity contribution >= 4 is 11.8 Å². The van der Waals surface area contributed by atoms with E-state index in [0.29, 0.717) is 6.04 Å². The van der Waals surface area contributed by atoms with E-state index in [9.17, 15) is 4.39 Å². The molecule has 2 saturated heterocycles. The second-order valence-corrected chi connectivity index (χ2v) is 7.32. The molecule has 3 rings (SSSR count). The van der Waals surface area contributed by atoms with Gasteiger partial charge in [0.2, 0.25) is 0 Å². The van der Waals surface area contributed by atoms with Crippen LogP contribution in [0.1, 0.15) is 49.3 Å². The fourth-order valence-corrected chi connectivity index (χ4v) is 4.84. The lowest BCUT2D eigenvalue weighted by Crippen LogP contribution is -2.43. The molecule has 0 N–H and O–H groups in total. The predicted octanol–water partition coefficient (Wildman–Crippen LogP) is 4.56. The first-order valence-corrected chi connectivity index (χ1v) is 9.01. The van der Waals surface area contributed by atoms with E-state index < -0.39 is 0 Å². The van der Waals surface area contributed by atoms with Crippen LogP contribution in [-0.2, 0) is 0 Å². The molecule has 110 valence electrons. The van der Waals surface area contributed by atoms with Crippen LogP contribution < -0.4 is 0 Å². The summed E-state index contributed by atoms with van der Waals surface area (Å²) in [6.45, 7) is 3.28. The smallest absolute Gasteiger partial charge is 0.123 e. The molecule has 1 nitrogen and oxygen atoms in total. The summed E-state index contributed by atoms with van der Waals surface area (Å²) < 4.78 is 13.4. The zero-order valence-electron chi connectivity index (χ0n) is 12.3. The molecule has 1 aromatic carbocycles. The molecule has 2 fully saturated rings. The Morgan fingerprint density at radius 3 is 2.70 bits per heavy atom. The molecular formula is C17H24FNS. The van der Waals surface area contributed by atoms with Crippen LogP contribution in [0.5, 0.6) is 0 Å². The Balaban J connectivity index is 1.84. The van der Waals surface area contributed by atoms with E-state index in [1.54, 1.807) is 12.1 Å². The third-order valence-electron chi connectivity index (χ3n) is 4.79. The molecule has 2 aliphatic rings. The van der Waals surface area contributed by atoms with Crippen LogP contribution >= 0.6 is 11.8 Å². The van der Waals surface area contributed by atoms with Gasteiger partial charge < -0.3 is 0 Å². The van der Waals surface area contributed by atoms with Gasteiger partial charge in [-0.15, -0.1) is 0 Å². The third-order valence-corrected chi connectivity index (χ3v) is 5.84. The van der Waals surface area contributed by atoms with Crippen molar-refractivity contribution in [1.82, 2.24) is 4.90 Å². The Bertz CT molecular complexity index is 456. The number of benzene rings is 1. The standard InChI is InChI=1S/C17H24FNS/c1-13-12-14(18)5-6-16(13)17-4-2-3-9-19(17)15-7-10-20-11-8-15/h5-6,12,15,17H,2-4,7-11H2,1H3. The van der Waals surface area contributed by atoms with Crippen molar-refractivity contribution in [2.45, 2.75) is 51.1 Å². The summed E-state index contributed by atoms with van der Waals surface area (Å²) >= 11 is 2.09. The van der Waals surface area contributed by atoms with E-state index >= 15 is 0 Å². The van der Waals surface area contributed by atoms with Crippen LogP contribution in [0.3, 0.4) is 0 Å². The predicted molar refractivity (Wildman–Crippen MR) is 84.8 cm³/mol. The molecule has 0 amide bonds. The molecule has 2 heterocycles. The second-order valence-electron chi connectivity index (χ2n) is 6.09. The van der Waals surface area contributed by atoms with E-state index in [4.69, 9.17) is 0 Å². The average molecular weight is 293 g/mol. The number of halogens is 1. The second kappa shape index (κ2) is 6.48. The maximum atomic E-state index is 13.4.